The van der Waals surface area contributed by atoms with Crippen molar-refractivity contribution < 1.29 is 26.4 Å². The fourth-order valence-electron chi connectivity index (χ4n) is 3.34. The summed E-state index contributed by atoms with van der Waals surface area (Å²) in [5.41, 5.74) is 1.66. The molecule has 4 rings (SSSR count). The molecule has 0 atom stereocenters. The molecule has 0 saturated carbocycles. The zero-order chi connectivity index (χ0) is 28.9. The van der Waals surface area contributed by atoms with Crippen molar-refractivity contribution in [3.63, 3.8) is 0 Å². The highest BCUT2D eigenvalue weighted by Crippen LogP contribution is 2.38. The van der Waals surface area contributed by atoms with E-state index in [1.165, 1.54) is 70.1 Å². The smallest absolute Gasteiger partial charge is 0.255 e. The van der Waals surface area contributed by atoms with Gasteiger partial charge in [-0.15, -0.1) is 0 Å². The summed E-state index contributed by atoms with van der Waals surface area (Å²) in [5.74, 6) is -0.772. The van der Waals surface area contributed by atoms with Gasteiger partial charge in [0.1, 0.15) is 0 Å². The molecule has 0 saturated heterocycles. The molecule has 0 bridgehead atoms. The molecular formula is C26H22N4O6S4. The Kier molecular flexibility index (Phi) is 8.98. The van der Waals surface area contributed by atoms with Crippen molar-refractivity contribution in [1.82, 2.24) is 0 Å². The second kappa shape index (κ2) is 12.2. The third-order valence-electron chi connectivity index (χ3n) is 5.31. The predicted octanol–water partition coefficient (Wildman–Crippen LogP) is 4.29. The third-order valence-corrected chi connectivity index (χ3v) is 9.55. The Morgan fingerprint density at radius 3 is 1.60 bits per heavy atom. The lowest BCUT2D eigenvalue weighted by Crippen LogP contribution is -2.14. The van der Waals surface area contributed by atoms with Gasteiger partial charge in [-0.2, -0.15) is 0 Å². The fraction of sp³-hybridized carbons (Fsp3) is 0. The third kappa shape index (κ3) is 7.94. The van der Waals surface area contributed by atoms with Crippen LogP contribution in [0, 0.1) is 0 Å². The molecule has 10 nitrogen and oxygen atoms in total. The maximum Gasteiger partial charge on any atom is 0.255 e. The average Bonchev–Trinajstić information content (AvgIpc) is 2.92. The first-order valence-electron chi connectivity index (χ1n) is 11.3. The molecular weight excluding hydrogens is 593 g/mol. The quantitative estimate of drug-likeness (QED) is 0.202. The number of primary sulfonamides is 2. The Morgan fingerprint density at radius 2 is 1.02 bits per heavy atom. The normalized spacial score (nSPS) is 11.6. The largest absolute Gasteiger partial charge is 0.322 e. The standard InChI is InChI=1S/C26H22N4O6S4/c27-39(33,34)23-11-7-17(8-12-23)25(31)30-20-4-2-6-22(16-20)38-37-21-5-1-3-18(15-21)26(32)29-19-9-13-24(14-10-19)40(28,35)36/h1-16H,(H,29,32)(H,30,31)(H2,27,33,34)(H2,28,35,36). The maximum atomic E-state index is 12.7. The van der Waals surface area contributed by atoms with Crippen LogP contribution in [0.4, 0.5) is 11.4 Å². The molecule has 0 heterocycles. The summed E-state index contributed by atoms with van der Waals surface area (Å²) in [7, 11) is -4.82. The minimum atomic E-state index is -3.85. The van der Waals surface area contributed by atoms with E-state index in [9.17, 15) is 26.4 Å². The second-order valence-electron chi connectivity index (χ2n) is 8.27. The minimum Gasteiger partial charge on any atom is -0.322 e. The van der Waals surface area contributed by atoms with Crippen LogP contribution in [0.3, 0.4) is 0 Å². The average molecular weight is 615 g/mol. The van der Waals surface area contributed by atoms with E-state index in [-0.39, 0.29) is 21.3 Å². The minimum absolute atomic E-state index is 0.0525. The van der Waals surface area contributed by atoms with E-state index < -0.39 is 26.0 Å². The lowest BCUT2D eigenvalue weighted by molar-refractivity contribution is 0.101. The second-order valence-corrected chi connectivity index (χ2v) is 13.7. The molecule has 40 heavy (non-hydrogen) atoms. The molecule has 0 aromatic heterocycles. The number of hydrogen-bond donors (Lipinski definition) is 4. The van der Waals surface area contributed by atoms with Crippen molar-refractivity contribution in [1.29, 1.82) is 0 Å². The lowest BCUT2D eigenvalue weighted by Gasteiger charge is -2.09. The topological polar surface area (TPSA) is 179 Å². The highest BCUT2D eigenvalue weighted by molar-refractivity contribution is 8.76. The van der Waals surface area contributed by atoms with Gasteiger partial charge >= 0.3 is 0 Å². The van der Waals surface area contributed by atoms with E-state index >= 15 is 0 Å². The predicted molar refractivity (Wildman–Crippen MR) is 156 cm³/mol. The van der Waals surface area contributed by atoms with Gasteiger partial charge in [0.05, 0.1) is 9.79 Å². The van der Waals surface area contributed by atoms with Gasteiger partial charge in [0, 0.05) is 32.3 Å². The zero-order valence-corrected chi connectivity index (χ0v) is 23.7. The first-order valence-corrected chi connectivity index (χ1v) is 16.6. The van der Waals surface area contributed by atoms with Gasteiger partial charge in [0.25, 0.3) is 11.8 Å². The molecule has 0 fully saturated rings. The summed E-state index contributed by atoms with van der Waals surface area (Å²) in [6.45, 7) is 0. The number of benzene rings is 4. The Morgan fingerprint density at radius 1 is 0.550 bits per heavy atom. The monoisotopic (exact) mass is 614 g/mol. The SMILES string of the molecule is NS(=O)(=O)c1ccc(NC(=O)c2cccc(SSc3cccc(NC(=O)c4ccc(S(N)(=O)=O)cc4)c3)c2)cc1. The van der Waals surface area contributed by atoms with Crippen molar-refractivity contribution in [3.8, 4) is 0 Å². The molecule has 4 aromatic rings. The number of hydrogen-bond acceptors (Lipinski definition) is 8. The molecule has 4 aromatic carbocycles. The van der Waals surface area contributed by atoms with Crippen molar-refractivity contribution in [3.05, 3.63) is 108 Å². The summed E-state index contributed by atoms with van der Waals surface area (Å²) in [4.78, 5) is 26.8. The highest BCUT2D eigenvalue weighted by Gasteiger charge is 2.12. The lowest BCUT2D eigenvalue weighted by atomic mass is 10.2. The number of carbonyl (C=O) groups excluding carboxylic acids is 2. The van der Waals surface area contributed by atoms with Crippen molar-refractivity contribution in [2.75, 3.05) is 10.6 Å². The van der Waals surface area contributed by atoms with Gasteiger partial charge in [-0.25, -0.2) is 27.1 Å². The molecule has 14 heteroatoms. The number of anilines is 2. The Balaban J connectivity index is 1.36. The van der Waals surface area contributed by atoms with E-state index in [0.717, 1.165) is 9.79 Å². The Labute approximate surface area is 239 Å². The highest BCUT2D eigenvalue weighted by atomic mass is 33.1. The number of carbonyl (C=O) groups is 2. The van der Waals surface area contributed by atoms with Crippen LogP contribution in [0.5, 0.6) is 0 Å². The fourth-order valence-corrected chi connectivity index (χ4v) is 6.38. The van der Waals surface area contributed by atoms with Crippen molar-refractivity contribution in [2.45, 2.75) is 19.6 Å². The Hall–Kier alpha value is -3.66. The molecule has 6 N–H and O–H groups in total. The van der Waals surface area contributed by atoms with E-state index in [1.807, 2.05) is 12.1 Å². The van der Waals surface area contributed by atoms with Gasteiger partial charge in [0.2, 0.25) is 20.0 Å². The summed E-state index contributed by atoms with van der Waals surface area (Å²) < 4.78 is 45.6. The number of nitrogens with one attached hydrogen (secondary N) is 2. The van der Waals surface area contributed by atoms with Gasteiger partial charge in [-0.3, -0.25) is 9.59 Å². The van der Waals surface area contributed by atoms with Crippen LogP contribution in [0.2, 0.25) is 0 Å². The van der Waals surface area contributed by atoms with Crippen LogP contribution in [-0.4, -0.2) is 28.6 Å². The number of amides is 2. The number of sulfonamides is 2. The first-order chi connectivity index (χ1) is 18.9. The van der Waals surface area contributed by atoms with Gasteiger partial charge in [0.15, 0.2) is 0 Å². The van der Waals surface area contributed by atoms with E-state index in [2.05, 4.69) is 10.6 Å². The van der Waals surface area contributed by atoms with Crippen LogP contribution in [-0.2, 0) is 20.0 Å². The van der Waals surface area contributed by atoms with Crippen LogP contribution in [0.25, 0.3) is 0 Å². The molecule has 0 radical (unpaired) electrons. The number of nitrogens with two attached hydrogens (primary N) is 2. The molecule has 206 valence electrons. The summed E-state index contributed by atoms with van der Waals surface area (Å²) in [6.07, 6.45) is 0. The van der Waals surface area contributed by atoms with Crippen molar-refractivity contribution >= 4 is 64.8 Å². The van der Waals surface area contributed by atoms with Gasteiger partial charge in [-0.05, 0) is 84.9 Å². The molecule has 0 unspecified atom stereocenters. The van der Waals surface area contributed by atoms with Gasteiger partial charge in [-0.1, -0.05) is 33.7 Å². The molecule has 0 aliphatic heterocycles. The van der Waals surface area contributed by atoms with Gasteiger partial charge < -0.3 is 10.6 Å². The molecule has 0 aliphatic rings. The summed E-state index contributed by atoms with van der Waals surface area (Å²) in [6, 6.07) is 25.0. The summed E-state index contributed by atoms with van der Waals surface area (Å²) in [5, 5.41) is 15.7. The van der Waals surface area contributed by atoms with Crippen LogP contribution in [0.1, 0.15) is 20.7 Å². The van der Waals surface area contributed by atoms with Crippen LogP contribution in [0.15, 0.2) is 117 Å². The molecule has 0 aliphatic carbocycles. The first kappa shape index (κ1) is 29.3. The zero-order valence-electron chi connectivity index (χ0n) is 20.5. The molecule has 2 amide bonds. The van der Waals surface area contributed by atoms with E-state index in [1.54, 1.807) is 36.4 Å². The van der Waals surface area contributed by atoms with Crippen LogP contribution >= 0.6 is 21.6 Å². The van der Waals surface area contributed by atoms with E-state index in [0.29, 0.717) is 16.9 Å². The maximum absolute atomic E-state index is 12.7. The van der Waals surface area contributed by atoms with Crippen molar-refractivity contribution in [2.24, 2.45) is 10.3 Å². The van der Waals surface area contributed by atoms with Crippen LogP contribution < -0.4 is 20.9 Å². The van der Waals surface area contributed by atoms with E-state index in [4.69, 9.17) is 10.3 Å². The Bertz CT molecular complexity index is 1780. The molecule has 0 spiro atoms. The summed E-state index contributed by atoms with van der Waals surface area (Å²) >= 11 is 0. The number of rotatable bonds is 9.